The maximum atomic E-state index is 12.6. The third-order valence-corrected chi connectivity index (χ3v) is 5.20. The molecule has 0 saturated heterocycles. The minimum Gasteiger partial charge on any atom is -0.396 e. The van der Waals surface area contributed by atoms with Gasteiger partial charge < -0.3 is 15.2 Å². The van der Waals surface area contributed by atoms with Crippen LogP contribution in [-0.4, -0.2) is 56.5 Å². The van der Waals surface area contributed by atoms with Gasteiger partial charge in [0.05, 0.1) is 6.10 Å². The van der Waals surface area contributed by atoms with Gasteiger partial charge in [0.25, 0.3) is 11.7 Å². The molecule has 0 bridgehead atoms. The van der Waals surface area contributed by atoms with Gasteiger partial charge in [0.15, 0.2) is 0 Å². The first-order valence-corrected chi connectivity index (χ1v) is 8.37. The topological polar surface area (TPSA) is 102 Å². The summed E-state index contributed by atoms with van der Waals surface area (Å²) in [6.07, 6.45) is 3.89. The van der Waals surface area contributed by atoms with Crippen LogP contribution in [0.25, 0.3) is 5.78 Å². The SMILES string of the molecule is COC1C(C)(C)C(NC(=O)c2nc3ncc(CCO)cn3n2)C1(C)C. The van der Waals surface area contributed by atoms with E-state index in [9.17, 15) is 4.79 Å². The fraction of sp³-hybridized carbons (Fsp3) is 0.647. The number of hydrogen-bond donors (Lipinski definition) is 2. The number of carbonyl (C=O) groups excluding carboxylic acids is 1. The zero-order valence-corrected chi connectivity index (χ0v) is 15.3. The van der Waals surface area contributed by atoms with Gasteiger partial charge in [0.2, 0.25) is 5.82 Å². The van der Waals surface area contributed by atoms with Crippen LogP contribution in [-0.2, 0) is 11.2 Å². The molecule has 2 aromatic heterocycles. The zero-order chi connectivity index (χ0) is 18.4. The first-order valence-electron chi connectivity index (χ1n) is 8.37. The third kappa shape index (κ3) is 2.79. The normalized spacial score (nSPS) is 24.1. The molecule has 8 nitrogen and oxygen atoms in total. The van der Waals surface area contributed by atoms with E-state index in [-0.39, 0.29) is 41.3 Å². The van der Waals surface area contributed by atoms with Crippen molar-refractivity contribution in [1.82, 2.24) is 24.9 Å². The predicted octanol–water partition coefficient (Wildman–Crippen LogP) is 0.838. The Hall–Kier alpha value is -2.06. The molecule has 2 N–H and O–H groups in total. The number of rotatable bonds is 5. The molecule has 0 aliphatic heterocycles. The van der Waals surface area contributed by atoms with Crippen LogP contribution in [0.15, 0.2) is 12.4 Å². The van der Waals surface area contributed by atoms with Crippen LogP contribution in [0.4, 0.5) is 0 Å². The molecule has 1 amide bonds. The molecular weight excluding hydrogens is 322 g/mol. The number of nitrogens with one attached hydrogen (secondary N) is 1. The summed E-state index contributed by atoms with van der Waals surface area (Å²) in [5.41, 5.74) is 0.468. The lowest BCUT2D eigenvalue weighted by Gasteiger charge is -2.63. The van der Waals surface area contributed by atoms with Gasteiger partial charge in [-0.1, -0.05) is 27.7 Å². The molecule has 0 radical (unpaired) electrons. The summed E-state index contributed by atoms with van der Waals surface area (Å²) >= 11 is 0. The molecule has 0 atom stereocenters. The Morgan fingerprint density at radius 3 is 2.64 bits per heavy atom. The molecule has 136 valence electrons. The second-order valence-electron chi connectivity index (χ2n) is 7.78. The van der Waals surface area contributed by atoms with Crippen LogP contribution in [0.2, 0.25) is 0 Å². The van der Waals surface area contributed by atoms with Crippen molar-refractivity contribution in [2.24, 2.45) is 10.8 Å². The predicted molar refractivity (Wildman–Crippen MR) is 91.2 cm³/mol. The lowest BCUT2D eigenvalue weighted by Crippen LogP contribution is -2.73. The van der Waals surface area contributed by atoms with Crippen molar-refractivity contribution < 1.29 is 14.6 Å². The number of aliphatic hydroxyl groups excluding tert-OH is 1. The number of aromatic nitrogens is 4. The molecule has 1 saturated carbocycles. The summed E-state index contributed by atoms with van der Waals surface area (Å²) in [7, 11) is 1.70. The van der Waals surface area contributed by atoms with E-state index in [1.165, 1.54) is 4.52 Å². The molecule has 1 fully saturated rings. The molecule has 2 heterocycles. The molecule has 25 heavy (non-hydrogen) atoms. The van der Waals surface area contributed by atoms with Crippen molar-refractivity contribution >= 4 is 11.7 Å². The average molecular weight is 347 g/mol. The summed E-state index contributed by atoms with van der Waals surface area (Å²) in [6.45, 7) is 8.35. The maximum Gasteiger partial charge on any atom is 0.291 e. The zero-order valence-electron chi connectivity index (χ0n) is 15.3. The smallest absolute Gasteiger partial charge is 0.291 e. The van der Waals surface area contributed by atoms with E-state index in [0.717, 1.165) is 5.56 Å². The molecule has 2 aromatic rings. The van der Waals surface area contributed by atoms with Crippen LogP contribution in [0.1, 0.15) is 43.9 Å². The van der Waals surface area contributed by atoms with E-state index >= 15 is 0 Å². The van der Waals surface area contributed by atoms with Crippen LogP contribution < -0.4 is 5.32 Å². The Bertz CT molecular complexity index is 783. The van der Waals surface area contributed by atoms with Crippen LogP contribution in [0.3, 0.4) is 0 Å². The number of nitrogens with zero attached hydrogens (tertiary/aromatic N) is 4. The Morgan fingerprint density at radius 1 is 1.36 bits per heavy atom. The van der Waals surface area contributed by atoms with Crippen LogP contribution in [0, 0.1) is 10.8 Å². The Labute approximate surface area is 146 Å². The van der Waals surface area contributed by atoms with Crippen molar-refractivity contribution in [3.05, 3.63) is 23.8 Å². The van der Waals surface area contributed by atoms with Gasteiger partial charge in [-0.15, -0.1) is 5.10 Å². The van der Waals surface area contributed by atoms with E-state index in [4.69, 9.17) is 9.84 Å². The average Bonchev–Trinajstić information content (AvgIpc) is 2.95. The highest BCUT2D eigenvalue weighted by Gasteiger charge is 2.62. The Kier molecular flexibility index (Phi) is 4.28. The second kappa shape index (κ2) is 6.03. The highest BCUT2D eigenvalue weighted by Crippen LogP contribution is 2.55. The molecule has 0 aromatic carbocycles. The number of carbonyl (C=O) groups is 1. The summed E-state index contributed by atoms with van der Waals surface area (Å²) < 4.78 is 7.07. The van der Waals surface area contributed by atoms with E-state index in [2.05, 4.69) is 48.1 Å². The minimum atomic E-state index is -0.324. The van der Waals surface area contributed by atoms with Gasteiger partial charge in [-0.25, -0.2) is 9.50 Å². The van der Waals surface area contributed by atoms with Crippen molar-refractivity contribution in [1.29, 1.82) is 0 Å². The summed E-state index contributed by atoms with van der Waals surface area (Å²) in [6, 6.07) is -0.0537. The highest BCUT2D eigenvalue weighted by atomic mass is 16.5. The lowest BCUT2D eigenvalue weighted by molar-refractivity contribution is -0.195. The third-order valence-electron chi connectivity index (χ3n) is 5.20. The van der Waals surface area contributed by atoms with Gasteiger partial charge in [-0.3, -0.25) is 4.79 Å². The van der Waals surface area contributed by atoms with Gasteiger partial charge in [-0.2, -0.15) is 4.98 Å². The molecule has 0 unspecified atom stereocenters. The number of fused-ring (bicyclic) bond motifs is 1. The minimum absolute atomic E-state index is 0.0295. The van der Waals surface area contributed by atoms with Crippen molar-refractivity contribution in [3.63, 3.8) is 0 Å². The quantitative estimate of drug-likeness (QED) is 0.831. The number of ether oxygens (including phenoxy) is 1. The van der Waals surface area contributed by atoms with Gasteiger partial charge in [0, 0.05) is 43.0 Å². The largest absolute Gasteiger partial charge is 0.396 e. The highest BCUT2D eigenvalue weighted by molar-refractivity contribution is 5.91. The van der Waals surface area contributed by atoms with Gasteiger partial charge in [0.1, 0.15) is 0 Å². The van der Waals surface area contributed by atoms with Crippen molar-refractivity contribution in [2.45, 2.75) is 46.3 Å². The molecular formula is C17H25N5O3. The van der Waals surface area contributed by atoms with Gasteiger partial charge in [-0.05, 0) is 12.0 Å². The number of hydrogen-bond acceptors (Lipinski definition) is 6. The second-order valence-corrected chi connectivity index (χ2v) is 7.78. The molecule has 3 rings (SSSR count). The van der Waals surface area contributed by atoms with Crippen LogP contribution >= 0.6 is 0 Å². The standard InChI is InChI=1S/C17H25N5O3/c1-16(2)13(17(3,4)14(16)25-5)20-12(24)11-19-15-18-8-10(6-7-23)9-22(15)21-11/h8-9,13-14,23H,6-7H2,1-5H3,(H,20,24). The Morgan fingerprint density at radius 2 is 2.04 bits per heavy atom. The molecule has 8 heteroatoms. The lowest BCUT2D eigenvalue weighted by atomic mass is 9.49. The Balaban J connectivity index is 1.81. The number of aliphatic hydroxyl groups is 1. The maximum absolute atomic E-state index is 12.6. The molecule has 1 aliphatic rings. The summed E-state index contributed by atoms with van der Waals surface area (Å²) in [4.78, 5) is 21.0. The number of methoxy groups -OCH3 is 1. The monoisotopic (exact) mass is 347 g/mol. The van der Waals surface area contributed by atoms with Crippen molar-refractivity contribution in [3.8, 4) is 0 Å². The fourth-order valence-corrected chi connectivity index (χ4v) is 4.47. The first kappa shape index (κ1) is 17.8. The number of amides is 1. The van der Waals surface area contributed by atoms with Gasteiger partial charge >= 0.3 is 0 Å². The fourth-order valence-electron chi connectivity index (χ4n) is 4.47. The first-order chi connectivity index (χ1) is 11.7. The van der Waals surface area contributed by atoms with E-state index < -0.39 is 0 Å². The molecule has 1 aliphatic carbocycles. The summed E-state index contributed by atoms with van der Waals surface area (Å²) in [5.74, 6) is 0.116. The van der Waals surface area contributed by atoms with E-state index in [1.54, 1.807) is 19.5 Å². The van der Waals surface area contributed by atoms with E-state index in [0.29, 0.717) is 12.2 Å². The van der Waals surface area contributed by atoms with E-state index in [1.807, 2.05) is 0 Å². The van der Waals surface area contributed by atoms with Crippen LogP contribution in [0.5, 0.6) is 0 Å². The van der Waals surface area contributed by atoms with Crippen molar-refractivity contribution in [2.75, 3.05) is 13.7 Å². The summed E-state index contributed by atoms with van der Waals surface area (Å²) in [5, 5.41) is 16.3. The molecule has 0 spiro atoms.